The first-order valence-corrected chi connectivity index (χ1v) is 7.92. The average molecular weight is 344 g/mol. The van der Waals surface area contributed by atoms with Crippen molar-refractivity contribution in [3.63, 3.8) is 0 Å². The van der Waals surface area contributed by atoms with Crippen molar-refractivity contribution in [2.75, 3.05) is 5.32 Å². The molecule has 0 atom stereocenters. The molecule has 2 aromatic carbocycles. The van der Waals surface area contributed by atoms with E-state index in [9.17, 15) is 9.59 Å². The van der Waals surface area contributed by atoms with Gasteiger partial charge in [-0.25, -0.2) is 5.43 Å². The van der Waals surface area contributed by atoms with Crippen LogP contribution in [0.1, 0.15) is 26.3 Å². The van der Waals surface area contributed by atoms with Gasteiger partial charge in [0.15, 0.2) is 0 Å². The minimum atomic E-state index is -0.342. The van der Waals surface area contributed by atoms with E-state index in [4.69, 9.17) is 0 Å². The Labute approximate surface area is 150 Å². The van der Waals surface area contributed by atoms with E-state index in [0.29, 0.717) is 16.8 Å². The van der Waals surface area contributed by atoms with Gasteiger partial charge >= 0.3 is 0 Å². The van der Waals surface area contributed by atoms with Crippen LogP contribution >= 0.6 is 0 Å². The first kappa shape index (κ1) is 17.0. The molecular weight excluding hydrogens is 328 g/mol. The normalized spacial score (nSPS) is 10.5. The Balaban J connectivity index is 1.57. The Morgan fingerprint density at radius 2 is 1.58 bits per heavy atom. The molecule has 2 N–H and O–H groups in total. The fourth-order valence-corrected chi connectivity index (χ4v) is 2.18. The number of hydrogen-bond acceptors (Lipinski definition) is 4. The van der Waals surface area contributed by atoms with Crippen LogP contribution in [0, 0.1) is 0 Å². The third-order valence-electron chi connectivity index (χ3n) is 3.51. The molecular formula is C20H16N4O2. The number of nitrogens with one attached hydrogen (secondary N) is 2. The Morgan fingerprint density at radius 1 is 0.846 bits per heavy atom. The Morgan fingerprint density at radius 3 is 2.27 bits per heavy atom. The van der Waals surface area contributed by atoms with Gasteiger partial charge in [-0.1, -0.05) is 24.3 Å². The summed E-state index contributed by atoms with van der Waals surface area (Å²) in [6, 6.07) is 19.1. The second-order valence-corrected chi connectivity index (χ2v) is 5.38. The quantitative estimate of drug-likeness (QED) is 0.551. The maximum absolute atomic E-state index is 12.1. The number of nitrogens with zero attached hydrogens (tertiary/aromatic N) is 2. The topological polar surface area (TPSA) is 83.4 Å². The van der Waals surface area contributed by atoms with Gasteiger partial charge in [-0.15, -0.1) is 0 Å². The summed E-state index contributed by atoms with van der Waals surface area (Å²) in [5.41, 5.74) is 4.84. The molecule has 2 amide bonds. The molecule has 0 spiro atoms. The van der Waals surface area contributed by atoms with Crippen LogP contribution in [-0.4, -0.2) is 23.0 Å². The molecule has 0 aliphatic heterocycles. The highest BCUT2D eigenvalue weighted by Crippen LogP contribution is 2.11. The van der Waals surface area contributed by atoms with Crippen molar-refractivity contribution in [1.82, 2.24) is 10.4 Å². The Bertz CT molecular complexity index is 908. The predicted octanol–water partition coefficient (Wildman–Crippen LogP) is 3.10. The predicted molar refractivity (Wildman–Crippen MR) is 100 cm³/mol. The van der Waals surface area contributed by atoms with Crippen LogP contribution in [0.2, 0.25) is 0 Å². The molecule has 0 saturated carbocycles. The number of hydrazone groups is 1. The molecule has 3 aromatic rings. The van der Waals surface area contributed by atoms with Crippen molar-refractivity contribution < 1.29 is 9.59 Å². The first-order chi connectivity index (χ1) is 12.7. The van der Waals surface area contributed by atoms with E-state index in [2.05, 4.69) is 20.8 Å². The van der Waals surface area contributed by atoms with Gasteiger partial charge < -0.3 is 5.32 Å². The van der Waals surface area contributed by atoms with Crippen LogP contribution in [0.15, 0.2) is 84.2 Å². The standard InChI is InChI=1S/C20H16N4O2/c25-19(16-6-2-1-3-7-16)23-18-10-8-17(9-11-18)20(26)24-22-14-15-5-4-12-21-13-15/h1-14H,(H,23,25)(H,24,26). The zero-order valence-electron chi connectivity index (χ0n) is 13.8. The maximum atomic E-state index is 12.1. The summed E-state index contributed by atoms with van der Waals surface area (Å²) in [5, 5.41) is 6.68. The van der Waals surface area contributed by atoms with Crippen molar-refractivity contribution in [3.8, 4) is 0 Å². The van der Waals surface area contributed by atoms with Gasteiger partial charge in [0.2, 0.25) is 0 Å². The van der Waals surface area contributed by atoms with E-state index >= 15 is 0 Å². The van der Waals surface area contributed by atoms with Crippen molar-refractivity contribution in [2.24, 2.45) is 5.10 Å². The largest absolute Gasteiger partial charge is 0.322 e. The Kier molecular flexibility index (Phi) is 5.47. The lowest BCUT2D eigenvalue weighted by molar-refractivity contribution is 0.0954. The van der Waals surface area contributed by atoms with Crippen LogP contribution in [0.25, 0.3) is 0 Å². The molecule has 6 heteroatoms. The zero-order chi connectivity index (χ0) is 18.2. The molecule has 26 heavy (non-hydrogen) atoms. The summed E-state index contributed by atoms with van der Waals surface area (Å²) in [7, 11) is 0. The van der Waals surface area contributed by atoms with E-state index in [1.54, 1.807) is 67.0 Å². The minimum absolute atomic E-state index is 0.205. The van der Waals surface area contributed by atoms with Crippen LogP contribution in [0.4, 0.5) is 5.69 Å². The van der Waals surface area contributed by atoms with E-state index in [1.165, 1.54) is 6.21 Å². The van der Waals surface area contributed by atoms with Gasteiger partial charge in [0.05, 0.1) is 6.21 Å². The molecule has 128 valence electrons. The molecule has 1 heterocycles. The number of anilines is 1. The minimum Gasteiger partial charge on any atom is -0.322 e. The average Bonchev–Trinajstić information content (AvgIpc) is 2.70. The summed E-state index contributed by atoms with van der Waals surface area (Å²) >= 11 is 0. The molecule has 0 bridgehead atoms. The smallest absolute Gasteiger partial charge is 0.271 e. The SMILES string of the molecule is O=C(NN=Cc1cccnc1)c1ccc(NC(=O)c2ccccc2)cc1. The second-order valence-electron chi connectivity index (χ2n) is 5.38. The highest BCUT2D eigenvalue weighted by molar-refractivity contribution is 6.04. The van der Waals surface area contributed by atoms with Crippen LogP contribution < -0.4 is 10.7 Å². The zero-order valence-corrected chi connectivity index (χ0v) is 13.8. The third-order valence-corrected chi connectivity index (χ3v) is 3.51. The number of carbonyl (C=O) groups excluding carboxylic acids is 2. The van der Waals surface area contributed by atoms with Crippen LogP contribution in [-0.2, 0) is 0 Å². The number of benzene rings is 2. The Hall–Kier alpha value is -3.80. The monoisotopic (exact) mass is 344 g/mol. The van der Waals surface area contributed by atoms with Crippen molar-refractivity contribution in [2.45, 2.75) is 0 Å². The summed E-state index contributed by atoms with van der Waals surface area (Å²) in [4.78, 5) is 28.1. The molecule has 1 aromatic heterocycles. The lowest BCUT2D eigenvalue weighted by Crippen LogP contribution is -2.17. The van der Waals surface area contributed by atoms with Gasteiger partial charge in [0.1, 0.15) is 0 Å². The van der Waals surface area contributed by atoms with E-state index in [1.807, 2.05) is 12.1 Å². The lowest BCUT2D eigenvalue weighted by atomic mass is 10.2. The molecule has 0 aliphatic rings. The van der Waals surface area contributed by atoms with E-state index in [0.717, 1.165) is 5.56 Å². The number of hydrogen-bond donors (Lipinski definition) is 2. The number of aromatic nitrogens is 1. The van der Waals surface area contributed by atoms with Crippen molar-refractivity contribution >= 4 is 23.7 Å². The van der Waals surface area contributed by atoms with Crippen molar-refractivity contribution in [1.29, 1.82) is 0 Å². The number of amides is 2. The first-order valence-electron chi connectivity index (χ1n) is 7.92. The van der Waals surface area contributed by atoms with E-state index in [-0.39, 0.29) is 11.8 Å². The van der Waals surface area contributed by atoms with Gasteiger partial charge in [-0.2, -0.15) is 5.10 Å². The van der Waals surface area contributed by atoms with Crippen LogP contribution in [0.5, 0.6) is 0 Å². The second kappa shape index (κ2) is 8.34. The molecule has 6 nitrogen and oxygen atoms in total. The van der Waals surface area contributed by atoms with Gasteiger partial charge in [-0.05, 0) is 42.5 Å². The fourth-order valence-electron chi connectivity index (χ4n) is 2.18. The molecule has 0 radical (unpaired) electrons. The molecule has 3 rings (SSSR count). The van der Waals surface area contributed by atoms with E-state index < -0.39 is 0 Å². The highest BCUT2D eigenvalue weighted by Gasteiger charge is 2.07. The molecule has 0 aliphatic carbocycles. The summed E-state index contributed by atoms with van der Waals surface area (Å²) in [6.45, 7) is 0. The fraction of sp³-hybridized carbons (Fsp3) is 0. The van der Waals surface area contributed by atoms with Gasteiger partial charge in [0, 0.05) is 34.8 Å². The van der Waals surface area contributed by atoms with Gasteiger partial charge in [0.25, 0.3) is 11.8 Å². The molecule has 0 saturated heterocycles. The summed E-state index contributed by atoms with van der Waals surface area (Å²) in [6.07, 6.45) is 4.81. The number of pyridine rings is 1. The number of carbonyl (C=O) groups is 2. The highest BCUT2D eigenvalue weighted by atomic mass is 16.2. The molecule has 0 fully saturated rings. The summed E-state index contributed by atoms with van der Waals surface area (Å²) < 4.78 is 0. The summed E-state index contributed by atoms with van der Waals surface area (Å²) in [5.74, 6) is -0.546. The van der Waals surface area contributed by atoms with Gasteiger partial charge in [-0.3, -0.25) is 14.6 Å². The maximum Gasteiger partial charge on any atom is 0.271 e. The molecule has 0 unspecified atom stereocenters. The lowest BCUT2D eigenvalue weighted by Gasteiger charge is -2.06. The third kappa shape index (κ3) is 4.61. The van der Waals surface area contributed by atoms with Crippen LogP contribution in [0.3, 0.4) is 0 Å². The van der Waals surface area contributed by atoms with Crippen molar-refractivity contribution in [3.05, 3.63) is 95.8 Å². The number of rotatable bonds is 5.